The lowest BCUT2D eigenvalue weighted by atomic mass is 10.5. The molecule has 0 saturated carbocycles. The smallest absolute Gasteiger partial charge is 0.205 e. The quantitative estimate of drug-likeness (QED) is 0.784. The van der Waals surface area contributed by atoms with Crippen molar-refractivity contribution in [2.75, 3.05) is 25.5 Å². The van der Waals surface area contributed by atoms with Gasteiger partial charge in [0.05, 0.1) is 6.54 Å². The molecule has 1 aromatic rings. The van der Waals surface area contributed by atoms with Crippen LogP contribution in [0.15, 0.2) is 0 Å². The van der Waals surface area contributed by atoms with Crippen molar-refractivity contribution in [3.63, 3.8) is 0 Å². The van der Waals surface area contributed by atoms with Gasteiger partial charge in [-0.05, 0) is 20.0 Å². The molecule has 80 valence electrons. The second-order valence-corrected chi connectivity index (χ2v) is 4.32. The predicted molar refractivity (Wildman–Crippen MR) is 60.7 cm³/mol. The van der Waals surface area contributed by atoms with Gasteiger partial charge in [0.2, 0.25) is 5.13 Å². The highest BCUT2D eigenvalue weighted by Gasteiger charge is 2.04. The van der Waals surface area contributed by atoms with Crippen molar-refractivity contribution in [1.29, 1.82) is 0 Å². The van der Waals surface area contributed by atoms with E-state index in [1.165, 1.54) is 0 Å². The van der Waals surface area contributed by atoms with Crippen LogP contribution in [-0.2, 0) is 6.54 Å². The number of nitrogens with one attached hydrogen (secondary N) is 1. The minimum absolute atomic E-state index is 0.891. The molecule has 1 N–H and O–H groups in total. The standard InChI is InChI=1S/C9H18N4S/c1-4-6-10-9-12-11-8(14-9)7-13(3)5-2/h4-7H2,1-3H3,(H,10,12). The molecule has 0 bridgehead atoms. The Bertz CT molecular complexity index is 261. The minimum Gasteiger partial charge on any atom is -0.360 e. The van der Waals surface area contributed by atoms with Gasteiger partial charge in [-0.15, -0.1) is 10.2 Å². The van der Waals surface area contributed by atoms with Crippen molar-refractivity contribution in [3.8, 4) is 0 Å². The molecular formula is C9H18N4S. The first kappa shape index (κ1) is 11.4. The van der Waals surface area contributed by atoms with Crippen molar-refractivity contribution in [3.05, 3.63) is 5.01 Å². The van der Waals surface area contributed by atoms with Crippen LogP contribution in [0.3, 0.4) is 0 Å². The van der Waals surface area contributed by atoms with E-state index in [2.05, 4.69) is 41.3 Å². The lowest BCUT2D eigenvalue weighted by Crippen LogP contribution is -2.16. The molecule has 0 saturated heterocycles. The van der Waals surface area contributed by atoms with E-state index in [1.54, 1.807) is 11.3 Å². The van der Waals surface area contributed by atoms with Crippen LogP contribution in [0.4, 0.5) is 5.13 Å². The normalized spacial score (nSPS) is 10.9. The predicted octanol–water partition coefficient (Wildman–Crippen LogP) is 1.81. The van der Waals surface area contributed by atoms with Crippen LogP contribution < -0.4 is 5.32 Å². The van der Waals surface area contributed by atoms with Crippen molar-refractivity contribution in [1.82, 2.24) is 15.1 Å². The minimum atomic E-state index is 0.891. The number of hydrogen-bond donors (Lipinski definition) is 1. The van der Waals surface area contributed by atoms with Gasteiger partial charge in [0.1, 0.15) is 5.01 Å². The van der Waals surface area contributed by atoms with Gasteiger partial charge < -0.3 is 5.32 Å². The largest absolute Gasteiger partial charge is 0.360 e. The summed E-state index contributed by atoms with van der Waals surface area (Å²) in [6, 6.07) is 0. The molecule has 0 fully saturated rings. The van der Waals surface area contributed by atoms with Gasteiger partial charge in [-0.1, -0.05) is 25.2 Å². The fourth-order valence-electron chi connectivity index (χ4n) is 0.964. The van der Waals surface area contributed by atoms with Crippen LogP contribution in [0.2, 0.25) is 0 Å². The third kappa shape index (κ3) is 3.59. The van der Waals surface area contributed by atoms with E-state index in [9.17, 15) is 0 Å². The van der Waals surface area contributed by atoms with E-state index >= 15 is 0 Å². The molecule has 0 radical (unpaired) electrons. The third-order valence-electron chi connectivity index (χ3n) is 1.94. The molecule has 1 heterocycles. The van der Waals surface area contributed by atoms with Gasteiger partial charge in [0.25, 0.3) is 0 Å². The summed E-state index contributed by atoms with van der Waals surface area (Å²) in [6.45, 7) is 7.18. The third-order valence-corrected chi connectivity index (χ3v) is 2.80. The molecule has 0 atom stereocenters. The average Bonchev–Trinajstić information content (AvgIpc) is 2.62. The molecule has 14 heavy (non-hydrogen) atoms. The van der Waals surface area contributed by atoms with Gasteiger partial charge >= 0.3 is 0 Å². The lowest BCUT2D eigenvalue weighted by molar-refractivity contribution is 0.344. The Morgan fingerprint density at radius 1 is 1.36 bits per heavy atom. The summed E-state index contributed by atoms with van der Waals surface area (Å²) < 4.78 is 0. The Morgan fingerprint density at radius 2 is 2.14 bits per heavy atom. The maximum absolute atomic E-state index is 4.12. The topological polar surface area (TPSA) is 41.1 Å². The van der Waals surface area contributed by atoms with Crippen molar-refractivity contribution < 1.29 is 0 Å². The van der Waals surface area contributed by atoms with Crippen LogP contribution in [0.1, 0.15) is 25.3 Å². The highest BCUT2D eigenvalue weighted by molar-refractivity contribution is 7.15. The molecular weight excluding hydrogens is 196 g/mol. The van der Waals surface area contributed by atoms with Crippen molar-refractivity contribution in [2.45, 2.75) is 26.8 Å². The molecule has 0 unspecified atom stereocenters. The van der Waals surface area contributed by atoms with Crippen LogP contribution in [-0.4, -0.2) is 35.2 Å². The van der Waals surface area contributed by atoms with Gasteiger partial charge in [-0.25, -0.2) is 0 Å². The molecule has 0 amide bonds. The first-order valence-corrected chi connectivity index (χ1v) is 5.82. The Hall–Kier alpha value is -0.680. The molecule has 0 aliphatic heterocycles. The summed E-state index contributed by atoms with van der Waals surface area (Å²) >= 11 is 1.64. The molecule has 0 spiro atoms. The second kappa shape index (κ2) is 5.93. The SMILES string of the molecule is CCCNc1nnc(CN(C)CC)s1. The van der Waals surface area contributed by atoms with Crippen LogP contribution >= 0.6 is 11.3 Å². The molecule has 0 aliphatic rings. The average molecular weight is 214 g/mol. The fraction of sp³-hybridized carbons (Fsp3) is 0.778. The zero-order chi connectivity index (χ0) is 10.4. The highest BCUT2D eigenvalue weighted by atomic mass is 32.1. The summed E-state index contributed by atoms with van der Waals surface area (Å²) in [5.41, 5.74) is 0. The van der Waals surface area contributed by atoms with E-state index < -0.39 is 0 Å². The molecule has 5 heteroatoms. The summed E-state index contributed by atoms with van der Waals surface area (Å²) in [7, 11) is 2.08. The highest BCUT2D eigenvalue weighted by Crippen LogP contribution is 2.15. The number of hydrogen-bond acceptors (Lipinski definition) is 5. The lowest BCUT2D eigenvalue weighted by Gasteiger charge is -2.09. The van der Waals surface area contributed by atoms with E-state index in [0.29, 0.717) is 0 Å². The molecule has 0 aromatic carbocycles. The van der Waals surface area contributed by atoms with Crippen LogP contribution in [0.5, 0.6) is 0 Å². The molecule has 0 aliphatic carbocycles. The molecule has 1 aromatic heterocycles. The Balaban J connectivity index is 2.42. The fourth-order valence-corrected chi connectivity index (χ4v) is 1.81. The van der Waals surface area contributed by atoms with Gasteiger partial charge in [-0.3, -0.25) is 4.90 Å². The van der Waals surface area contributed by atoms with Crippen molar-refractivity contribution >= 4 is 16.5 Å². The zero-order valence-electron chi connectivity index (χ0n) is 9.08. The number of nitrogens with zero attached hydrogens (tertiary/aromatic N) is 3. The number of rotatable bonds is 6. The van der Waals surface area contributed by atoms with Gasteiger partial charge in [0.15, 0.2) is 0 Å². The van der Waals surface area contributed by atoms with E-state index in [-0.39, 0.29) is 0 Å². The summed E-state index contributed by atoms with van der Waals surface area (Å²) in [5.74, 6) is 0. The first-order valence-electron chi connectivity index (χ1n) is 5.01. The Kier molecular flexibility index (Phi) is 4.82. The monoisotopic (exact) mass is 214 g/mol. The van der Waals surface area contributed by atoms with Crippen LogP contribution in [0, 0.1) is 0 Å². The Morgan fingerprint density at radius 3 is 2.79 bits per heavy atom. The van der Waals surface area contributed by atoms with E-state index in [4.69, 9.17) is 0 Å². The van der Waals surface area contributed by atoms with Crippen LogP contribution in [0.25, 0.3) is 0 Å². The molecule has 4 nitrogen and oxygen atoms in total. The number of aromatic nitrogens is 2. The molecule has 1 rings (SSSR count). The van der Waals surface area contributed by atoms with Gasteiger partial charge in [-0.2, -0.15) is 0 Å². The summed E-state index contributed by atoms with van der Waals surface area (Å²) in [6.07, 6.45) is 1.11. The summed E-state index contributed by atoms with van der Waals surface area (Å²) in [5, 5.41) is 13.4. The second-order valence-electron chi connectivity index (χ2n) is 3.26. The van der Waals surface area contributed by atoms with Crippen molar-refractivity contribution in [2.24, 2.45) is 0 Å². The maximum Gasteiger partial charge on any atom is 0.205 e. The maximum atomic E-state index is 4.12. The summed E-state index contributed by atoms with van der Waals surface area (Å²) in [4.78, 5) is 2.21. The van der Waals surface area contributed by atoms with Gasteiger partial charge in [0, 0.05) is 6.54 Å². The number of anilines is 1. The first-order chi connectivity index (χ1) is 6.76. The van der Waals surface area contributed by atoms with E-state index in [1.807, 2.05) is 0 Å². The Labute approximate surface area is 89.3 Å². The zero-order valence-corrected chi connectivity index (χ0v) is 9.89. The van der Waals surface area contributed by atoms with E-state index in [0.717, 1.165) is 36.2 Å².